The van der Waals surface area contributed by atoms with Crippen LogP contribution >= 0.6 is 0 Å². The fourth-order valence-electron chi connectivity index (χ4n) is 2.40. The fraction of sp³-hybridized carbons (Fsp3) is 0.400. The van der Waals surface area contributed by atoms with Gasteiger partial charge in [0.05, 0.1) is 17.4 Å². The molecule has 2 aromatic rings. The topological polar surface area (TPSA) is 29.9 Å². The molecule has 1 aromatic carbocycles. The summed E-state index contributed by atoms with van der Waals surface area (Å²) in [6, 6.07) is 4.68. The fourth-order valence-corrected chi connectivity index (χ4v) is 2.40. The number of aromatic nitrogens is 2. The van der Waals surface area contributed by atoms with Crippen LogP contribution in [0.2, 0.25) is 0 Å². The number of rotatable bonds is 4. The molecule has 0 amide bonds. The van der Waals surface area contributed by atoms with E-state index in [1.54, 1.807) is 30.8 Å². The molecule has 5 heteroatoms. The average Bonchev–Trinajstić information content (AvgIpc) is 2.80. The molecule has 20 heavy (non-hydrogen) atoms. The smallest absolute Gasteiger partial charge is 0.164 e. The zero-order valence-electron chi connectivity index (χ0n) is 12.2. The summed E-state index contributed by atoms with van der Waals surface area (Å²) < 4.78 is 29.7. The zero-order valence-corrected chi connectivity index (χ0v) is 12.2. The lowest BCUT2D eigenvalue weighted by Gasteiger charge is -2.19. The van der Waals surface area contributed by atoms with Crippen LogP contribution < -0.4 is 5.32 Å². The molecule has 1 aromatic heterocycles. The molecular formula is C15H19F2N3. The van der Waals surface area contributed by atoms with E-state index in [1.165, 1.54) is 0 Å². The minimum Gasteiger partial charge on any atom is -0.308 e. The first kappa shape index (κ1) is 14.7. The van der Waals surface area contributed by atoms with Gasteiger partial charge in [-0.3, -0.25) is 4.68 Å². The molecule has 0 aliphatic rings. The zero-order chi connectivity index (χ0) is 14.9. The molecule has 0 fully saturated rings. The maximum atomic E-state index is 14.2. The van der Waals surface area contributed by atoms with E-state index < -0.39 is 17.7 Å². The first-order valence-electron chi connectivity index (χ1n) is 6.65. The quantitative estimate of drug-likeness (QED) is 0.932. The van der Waals surface area contributed by atoms with E-state index in [0.29, 0.717) is 17.7 Å². The molecule has 0 aliphatic carbocycles. The van der Waals surface area contributed by atoms with Crippen LogP contribution in [0.4, 0.5) is 8.78 Å². The lowest BCUT2D eigenvalue weighted by Crippen LogP contribution is -2.23. The third kappa shape index (κ3) is 2.45. The van der Waals surface area contributed by atoms with Crippen molar-refractivity contribution in [2.45, 2.75) is 33.4 Å². The Labute approximate surface area is 117 Å². The first-order valence-corrected chi connectivity index (χ1v) is 6.65. The van der Waals surface area contributed by atoms with Crippen LogP contribution in [0.5, 0.6) is 0 Å². The highest BCUT2D eigenvalue weighted by Gasteiger charge is 2.23. The van der Waals surface area contributed by atoms with E-state index in [1.807, 2.05) is 19.9 Å². The predicted molar refractivity (Wildman–Crippen MR) is 74.6 cm³/mol. The molecule has 0 radical (unpaired) electrons. The van der Waals surface area contributed by atoms with Gasteiger partial charge in [0.15, 0.2) is 11.6 Å². The van der Waals surface area contributed by atoms with Gasteiger partial charge < -0.3 is 5.32 Å². The van der Waals surface area contributed by atoms with E-state index in [0.717, 1.165) is 11.4 Å². The summed E-state index contributed by atoms with van der Waals surface area (Å²) in [6.07, 6.45) is 0. The van der Waals surface area contributed by atoms with Crippen LogP contribution in [0.1, 0.15) is 35.5 Å². The van der Waals surface area contributed by atoms with Gasteiger partial charge in [-0.05, 0) is 39.4 Å². The highest BCUT2D eigenvalue weighted by atomic mass is 19.2. The van der Waals surface area contributed by atoms with Gasteiger partial charge >= 0.3 is 0 Å². The highest BCUT2D eigenvalue weighted by molar-refractivity contribution is 5.33. The maximum absolute atomic E-state index is 14.2. The van der Waals surface area contributed by atoms with Gasteiger partial charge in [-0.2, -0.15) is 5.10 Å². The minimum atomic E-state index is -0.800. The SMILES string of the molecule is CCn1nc(C)cc1C(NC)c1ccc(C)c(F)c1F. The maximum Gasteiger partial charge on any atom is 0.164 e. The summed E-state index contributed by atoms with van der Waals surface area (Å²) in [4.78, 5) is 0. The van der Waals surface area contributed by atoms with E-state index >= 15 is 0 Å². The highest BCUT2D eigenvalue weighted by Crippen LogP contribution is 2.27. The minimum absolute atomic E-state index is 0.296. The predicted octanol–water partition coefficient (Wildman–Crippen LogP) is 3.11. The Bertz CT molecular complexity index is 620. The van der Waals surface area contributed by atoms with E-state index in [4.69, 9.17) is 0 Å². The van der Waals surface area contributed by atoms with Crippen molar-refractivity contribution >= 4 is 0 Å². The van der Waals surface area contributed by atoms with Gasteiger partial charge in [0.1, 0.15) is 0 Å². The van der Waals surface area contributed by atoms with Crippen LogP contribution in [-0.4, -0.2) is 16.8 Å². The average molecular weight is 279 g/mol. The lowest BCUT2D eigenvalue weighted by molar-refractivity contribution is 0.474. The van der Waals surface area contributed by atoms with Gasteiger partial charge in [0.2, 0.25) is 0 Å². The summed E-state index contributed by atoms with van der Waals surface area (Å²) in [7, 11) is 1.73. The van der Waals surface area contributed by atoms with Crippen molar-refractivity contribution in [2.24, 2.45) is 0 Å². The van der Waals surface area contributed by atoms with E-state index in [9.17, 15) is 8.78 Å². The molecule has 0 saturated heterocycles. The van der Waals surface area contributed by atoms with Crippen molar-refractivity contribution in [1.29, 1.82) is 0 Å². The molecular weight excluding hydrogens is 260 g/mol. The second kappa shape index (κ2) is 5.71. The third-order valence-corrected chi connectivity index (χ3v) is 3.43. The van der Waals surface area contributed by atoms with Gasteiger partial charge in [-0.25, -0.2) is 8.78 Å². The van der Waals surface area contributed by atoms with Crippen LogP contribution in [0.15, 0.2) is 18.2 Å². The largest absolute Gasteiger partial charge is 0.308 e. The molecule has 2 rings (SSSR count). The molecule has 0 bridgehead atoms. The van der Waals surface area contributed by atoms with Crippen LogP contribution in [0.25, 0.3) is 0 Å². The number of nitrogens with one attached hydrogen (secondary N) is 1. The molecule has 0 spiro atoms. The second-order valence-corrected chi connectivity index (χ2v) is 4.85. The molecule has 3 nitrogen and oxygen atoms in total. The third-order valence-electron chi connectivity index (χ3n) is 3.43. The van der Waals surface area contributed by atoms with E-state index in [2.05, 4.69) is 10.4 Å². The van der Waals surface area contributed by atoms with Crippen molar-refractivity contribution in [3.8, 4) is 0 Å². The van der Waals surface area contributed by atoms with Gasteiger partial charge in [-0.15, -0.1) is 0 Å². The summed E-state index contributed by atoms with van der Waals surface area (Å²) in [5.41, 5.74) is 2.29. The molecule has 1 unspecified atom stereocenters. The molecule has 0 saturated carbocycles. The number of benzene rings is 1. The molecule has 1 heterocycles. The normalized spacial score (nSPS) is 12.7. The molecule has 1 atom stereocenters. The van der Waals surface area contributed by atoms with E-state index in [-0.39, 0.29) is 0 Å². The standard InChI is InChI=1S/C15H19F2N3/c1-5-20-12(8-10(3)19-20)15(18-4)11-7-6-9(2)13(16)14(11)17/h6-8,15,18H,5H2,1-4H3. The summed E-state index contributed by atoms with van der Waals surface area (Å²) in [5.74, 6) is -1.59. The number of halogens is 2. The second-order valence-electron chi connectivity index (χ2n) is 4.85. The van der Waals surface area contributed by atoms with Gasteiger partial charge in [-0.1, -0.05) is 12.1 Å². The molecule has 108 valence electrons. The summed E-state index contributed by atoms with van der Waals surface area (Å²) in [6.45, 7) is 6.08. The first-order chi connectivity index (χ1) is 9.49. The Balaban J connectivity index is 2.55. The number of hydrogen-bond acceptors (Lipinski definition) is 2. The van der Waals surface area contributed by atoms with Crippen LogP contribution in [0.3, 0.4) is 0 Å². The van der Waals surface area contributed by atoms with Crippen molar-refractivity contribution in [1.82, 2.24) is 15.1 Å². The van der Waals surface area contributed by atoms with Crippen molar-refractivity contribution in [2.75, 3.05) is 7.05 Å². The Hall–Kier alpha value is -1.75. The van der Waals surface area contributed by atoms with Crippen molar-refractivity contribution in [3.05, 3.63) is 52.3 Å². The monoisotopic (exact) mass is 279 g/mol. The number of nitrogens with zero attached hydrogens (tertiary/aromatic N) is 2. The van der Waals surface area contributed by atoms with Gasteiger partial charge in [0, 0.05) is 12.1 Å². The Morgan fingerprint density at radius 1 is 1.25 bits per heavy atom. The molecule has 0 aliphatic heterocycles. The summed E-state index contributed by atoms with van der Waals surface area (Å²) >= 11 is 0. The number of hydrogen-bond donors (Lipinski definition) is 1. The Morgan fingerprint density at radius 3 is 2.55 bits per heavy atom. The Kier molecular flexibility index (Phi) is 4.18. The lowest BCUT2D eigenvalue weighted by atomic mass is 10.0. The Morgan fingerprint density at radius 2 is 1.95 bits per heavy atom. The van der Waals surface area contributed by atoms with Crippen molar-refractivity contribution < 1.29 is 8.78 Å². The van der Waals surface area contributed by atoms with Crippen LogP contribution in [-0.2, 0) is 6.54 Å². The molecule has 1 N–H and O–H groups in total. The van der Waals surface area contributed by atoms with Gasteiger partial charge in [0.25, 0.3) is 0 Å². The summed E-state index contributed by atoms with van der Waals surface area (Å²) in [5, 5.41) is 7.40. The van der Waals surface area contributed by atoms with Crippen LogP contribution in [0, 0.1) is 25.5 Å². The van der Waals surface area contributed by atoms with Crippen molar-refractivity contribution in [3.63, 3.8) is 0 Å². The number of aryl methyl sites for hydroxylation is 3.